The molecule has 0 bridgehead atoms. The second-order valence-corrected chi connectivity index (χ2v) is 11.7. The number of rotatable bonds is 4. The molecule has 33 heavy (non-hydrogen) atoms. The standard InChI is InChI=1S/C23H32O4.C4H10O2/c1-13-8-17-18-5-4-14(9-16(26)12-24)23(18,3)11-20(27)21(17)22(2)7-6-15(25)10-19(13)22;1-4(2,5)6-3/h6-7,10,13-14,17-18,20-21,24,27H,4-5,8-9,11-12H2,1-3H3;5H,1-3H3. The van der Waals surface area contributed by atoms with Gasteiger partial charge in [0.15, 0.2) is 17.4 Å². The number of aliphatic hydroxyl groups excluding tert-OH is 2. The Labute approximate surface area is 198 Å². The first-order valence-electron chi connectivity index (χ1n) is 12.3. The van der Waals surface area contributed by atoms with Crippen LogP contribution in [0.3, 0.4) is 0 Å². The minimum Gasteiger partial charge on any atom is -0.393 e. The van der Waals surface area contributed by atoms with Crippen molar-refractivity contribution in [3.63, 3.8) is 0 Å². The van der Waals surface area contributed by atoms with Crippen LogP contribution in [0, 0.1) is 40.4 Å². The molecule has 0 saturated heterocycles. The number of ether oxygens (including phenoxy) is 1. The first-order valence-corrected chi connectivity index (χ1v) is 12.3. The van der Waals surface area contributed by atoms with Crippen molar-refractivity contribution in [2.45, 2.75) is 78.6 Å². The molecule has 6 heteroatoms. The summed E-state index contributed by atoms with van der Waals surface area (Å²) in [6, 6.07) is 0. The van der Waals surface area contributed by atoms with E-state index in [1.807, 2.05) is 6.08 Å². The van der Waals surface area contributed by atoms with Crippen LogP contribution < -0.4 is 0 Å². The summed E-state index contributed by atoms with van der Waals surface area (Å²) in [6.07, 6.45) is 9.34. The van der Waals surface area contributed by atoms with Gasteiger partial charge in [0.1, 0.15) is 6.61 Å². The molecule has 8 unspecified atom stereocenters. The summed E-state index contributed by atoms with van der Waals surface area (Å²) >= 11 is 0. The van der Waals surface area contributed by atoms with Gasteiger partial charge in [0, 0.05) is 24.9 Å². The number of carbonyl (C=O) groups excluding carboxylic acids is 2. The van der Waals surface area contributed by atoms with Crippen LogP contribution in [-0.2, 0) is 14.3 Å². The lowest BCUT2D eigenvalue weighted by Crippen LogP contribution is -2.57. The van der Waals surface area contributed by atoms with Crippen molar-refractivity contribution in [1.82, 2.24) is 0 Å². The van der Waals surface area contributed by atoms with Gasteiger partial charge >= 0.3 is 0 Å². The van der Waals surface area contributed by atoms with E-state index in [1.165, 1.54) is 12.7 Å². The van der Waals surface area contributed by atoms with Crippen LogP contribution in [-0.4, -0.2) is 52.5 Å². The lowest BCUT2D eigenvalue weighted by Gasteiger charge is -2.60. The molecule has 0 aromatic carbocycles. The van der Waals surface area contributed by atoms with Gasteiger partial charge in [0.25, 0.3) is 0 Å². The molecule has 0 aromatic rings. The molecule has 4 aliphatic rings. The molecule has 3 saturated carbocycles. The Morgan fingerprint density at radius 1 is 1.27 bits per heavy atom. The van der Waals surface area contributed by atoms with Gasteiger partial charge in [0.2, 0.25) is 0 Å². The molecular weight excluding hydrogens is 420 g/mol. The average molecular weight is 463 g/mol. The normalized spacial score (nSPS) is 41.8. The third kappa shape index (κ3) is 4.90. The lowest BCUT2D eigenvalue weighted by atomic mass is 9.45. The van der Waals surface area contributed by atoms with Crippen LogP contribution in [0.25, 0.3) is 0 Å². The molecule has 0 amide bonds. The van der Waals surface area contributed by atoms with Crippen molar-refractivity contribution in [2.24, 2.45) is 40.4 Å². The van der Waals surface area contributed by atoms with E-state index < -0.39 is 11.9 Å². The van der Waals surface area contributed by atoms with Crippen LogP contribution in [0.1, 0.15) is 66.7 Å². The van der Waals surface area contributed by atoms with E-state index in [9.17, 15) is 19.8 Å². The molecule has 3 N–H and O–H groups in total. The molecule has 6 nitrogen and oxygen atoms in total. The van der Waals surface area contributed by atoms with Gasteiger partial charge in [-0.15, -0.1) is 0 Å². The Kier molecular flexibility index (Phi) is 7.46. The fraction of sp³-hybridized carbons (Fsp3) is 0.778. The second-order valence-electron chi connectivity index (χ2n) is 11.7. The average Bonchev–Trinajstić information content (AvgIpc) is 3.04. The number of ketones is 2. The maximum atomic E-state index is 12.0. The smallest absolute Gasteiger partial charge is 0.178 e. The van der Waals surface area contributed by atoms with Crippen molar-refractivity contribution in [3.05, 3.63) is 23.8 Å². The lowest BCUT2D eigenvalue weighted by molar-refractivity contribution is -0.155. The van der Waals surface area contributed by atoms with E-state index in [4.69, 9.17) is 5.11 Å². The summed E-state index contributed by atoms with van der Waals surface area (Å²) < 4.78 is 4.49. The molecule has 0 aliphatic heterocycles. The number of Topliss-reactive ketones (excluding diaryl/α,β-unsaturated/α-hetero) is 1. The Hall–Kier alpha value is -1.34. The topological polar surface area (TPSA) is 104 Å². The van der Waals surface area contributed by atoms with Crippen LogP contribution >= 0.6 is 0 Å². The van der Waals surface area contributed by atoms with Crippen LogP contribution in [0.5, 0.6) is 0 Å². The summed E-state index contributed by atoms with van der Waals surface area (Å²) in [4.78, 5) is 23.9. The highest BCUT2D eigenvalue weighted by atomic mass is 16.6. The molecule has 0 radical (unpaired) electrons. The highest BCUT2D eigenvalue weighted by Crippen LogP contribution is 2.67. The first kappa shape index (κ1) is 26.3. The van der Waals surface area contributed by atoms with Crippen LogP contribution in [0.4, 0.5) is 0 Å². The summed E-state index contributed by atoms with van der Waals surface area (Å²) in [5.74, 6) is 0.638. The van der Waals surface area contributed by atoms with Crippen LogP contribution in [0.2, 0.25) is 0 Å². The molecular formula is C27H42O6. The number of aliphatic hydroxyl groups is 3. The molecule has 0 heterocycles. The van der Waals surface area contributed by atoms with Gasteiger partial charge < -0.3 is 20.1 Å². The summed E-state index contributed by atoms with van der Waals surface area (Å²) in [7, 11) is 1.46. The largest absolute Gasteiger partial charge is 0.393 e. The Balaban J connectivity index is 0.000000454. The minimum absolute atomic E-state index is 0.0447. The van der Waals surface area contributed by atoms with Gasteiger partial charge in [0.05, 0.1) is 6.10 Å². The van der Waals surface area contributed by atoms with E-state index in [0.717, 1.165) is 19.3 Å². The SMILES string of the molecule is CC1CC2C(C(O)CC3(C)C(CC(=O)CO)CCC23)C2(C)C=CC(=O)C=C12.COC(C)(C)O. The van der Waals surface area contributed by atoms with Crippen molar-refractivity contribution >= 4 is 11.6 Å². The molecule has 4 rings (SSSR count). The molecule has 8 atom stereocenters. The monoisotopic (exact) mass is 462 g/mol. The van der Waals surface area contributed by atoms with E-state index in [2.05, 4.69) is 25.5 Å². The summed E-state index contributed by atoms with van der Waals surface area (Å²) in [5, 5.41) is 29.1. The Morgan fingerprint density at radius 3 is 2.48 bits per heavy atom. The van der Waals surface area contributed by atoms with Gasteiger partial charge in [-0.25, -0.2) is 0 Å². The zero-order valence-corrected chi connectivity index (χ0v) is 21.0. The van der Waals surface area contributed by atoms with Crippen molar-refractivity contribution in [2.75, 3.05) is 13.7 Å². The summed E-state index contributed by atoms with van der Waals surface area (Å²) in [5.41, 5.74) is 0.885. The van der Waals surface area contributed by atoms with Crippen LogP contribution in [0.15, 0.2) is 23.8 Å². The van der Waals surface area contributed by atoms with Gasteiger partial charge in [-0.3, -0.25) is 9.59 Å². The number of carbonyl (C=O) groups is 2. The van der Waals surface area contributed by atoms with Gasteiger partial charge in [-0.2, -0.15) is 0 Å². The highest BCUT2D eigenvalue weighted by molar-refractivity contribution is 6.01. The molecule has 4 aliphatic carbocycles. The number of methoxy groups -OCH3 is 1. The van der Waals surface area contributed by atoms with Crippen molar-refractivity contribution < 1.29 is 29.6 Å². The summed E-state index contributed by atoms with van der Waals surface area (Å²) in [6.45, 7) is 9.45. The van der Waals surface area contributed by atoms with E-state index >= 15 is 0 Å². The first-order chi connectivity index (χ1) is 15.3. The maximum Gasteiger partial charge on any atom is 0.178 e. The third-order valence-corrected chi connectivity index (χ3v) is 9.16. The zero-order chi connectivity index (χ0) is 24.8. The fourth-order valence-corrected chi connectivity index (χ4v) is 7.53. The van der Waals surface area contributed by atoms with Crippen molar-refractivity contribution in [1.29, 1.82) is 0 Å². The molecule has 0 spiro atoms. The number of hydrogen-bond donors (Lipinski definition) is 3. The zero-order valence-electron chi connectivity index (χ0n) is 21.0. The highest BCUT2D eigenvalue weighted by Gasteiger charge is 2.62. The molecule has 0 aromatic heterocycles. The quantitative estimate of drug-likeness (QED) is 0.553. The Bertz CT molecular complexity index is 823. The number of fused-ring (bicyclic) bond motifs is 5. The predicted molar refractivity (Wildman–Crippen MR) is 126 cm³/mol. The molecule has 3 fully saturated rings. The second kappa shape index (κ2) is 9.37. The van der Waals surface area contributed by atoms with E-state index in [0.29, 0.717) is 30.6 Å². The van der Waals surface area contributed by atoms with E-state index in [-0.39, 0.29) is 40.8 Å². The number of allylic oxidation sites excluding steroid dienone is 4. The minimum atomic E-state index is -0.958. The molecule has 186 valence electrons. The van der Waals surface area contributed by atoms with Crippen molar-refractivity contribution in [3.8, 4) is 0 Å². The van der Waals surface area contributed by atoms with Gasteiger partial charge in [-0.05, 0) is 80.8 Å². The van der Waals surface area contributed by atoms with E-state index in [1.54, 1.807) is 26.0 Å². The van der Waals surface area contributed by atoms with Gasteiger partial charge in [-0.1, -0.05) is 32.4 Å². The predicted octanol–water partition coefficient (Wildman–Crippen LogP) is 3.44. The third-order valence-electron chi connectivity index (χ3n) is 9.16. The fourth-order valence-electron chi connectivity index (χ4n) is 7.53. The Morgan fingerprint density at radius 2 is 1.91 bits per heavy atom. The maximum absolute atomic E-state index is 12.0. The number of hydrogen-bond acceptors (Lipinski definition) is 6.